The van der Waals surface area contributed by atoms with Gasteiger partial charge in [-0.2, -0.15) is 17.6 Å². The number of fused-ring (bicyclic) bond motifs is 2. The molecule has 0 amide bonds. The molecule has 21 heavy (non-hydrogen) atoms. The molecule has 2 saturated carbocycles. The summed E-state index contributed by atoms with van der Waals surface area (Å²) < 4.78 is 59.0. The largest absolute Gasteiger partial charge is 0.462 e. The molecule has 7 heteroatoms. The van der Waals surface area contributed by atoms with Crippen molar-refractivity contribution in [1.29, 1.82) is 0 Å². The maximum Gasteiger partial charge on any atom is 0.363 e. The van der Waals surface area contributed by atoms with E-state index in [4.69, 9.17) is 4.74 Å². The Hall–Kier alpha value is -0.330. The maximum atomic E-state index is 13.8. The van der Waals surface area contributed by atoms with Crippen LogP contribution in [0.15, 0.2) is 0 Å². The van der Waals surface area contributed by atoms with Crippen LogP contribution in [0.2, 0.25) is 0 Å². The van der Waals surface area contributed by atoms with Gasteiger partial charge >= 0.3 is 16.7 Å². The summed E-state index contributed by atoms with van der Waals surface area (Å²) >= 11 is 1.79. The molecule has 4 unspecified atom stereocenters. The molecule has 0 aliphatic heterocycles. The summed E-state index contributed by atoms with van der Waals surface area (Å²) in [4.78, 5) is 7.64. The highest BCUT2D eigenvalue weighted by atomic mass is 79.9. The van der Waals surface area contributed by atoms with Crippen LogP contribution in [-0.2, 0) is 9.53 Å². The van der Waals surface area contributed by atoms with Crippen LogP contribution in [0.1, 0.15) is 40.0 Å². The first-order chi connectivity index (χ1) is 9.34. The van der Waals surface area contributed by atoms with Gasteiger partial charge in [-0.05, 0) is 67.8 Å². The van der Waals surface area contributed by atoms with Crippen molar-refractivity contribution < 1.29 is 27.1 Å². The molecule has 2 rings (SSSR count). The zero-order valence-corrected chi connectivity index (χ0v) is 13.7. The summed E-state index contributed by atoms with van der Waals surface area (Å²) in [6.07, 6.45) is 0.222. The van der Waals surface area contributed by atoms with Crippen molar-refractivity contribution in [3.8, 4) is 0 Å². The van der Waals surface area contributed by atoms with Crippen LogP contribution in [0, 0.1) is 23.2 Å². The SMILES string of the molecule is CC(C)(C)C(=O)OC1CC2CC1CC2C(F)(F)C(F)(F)Br. The highest BCUT2D eigenvalue weighted by Crippen LogP contribution is 2.59. The minimum atomic E-state index is -4.20. The van der Waals surface area contributed by atoms with E-state index in [1.807, 2.05) is 0 Å². The predicted molar refractivity (Wildman–Crippen MR) is 72.5 cm³/mol. The van der Waals surface area contributed by atoms with Crippen LogP contribution >= 0.6 is 15.9 Å². The van der Waals surface area contributed by atoms with Crippen molar-refractivity contribution in [2.45, 2.75) is 56.9 Å². The lowest BCUT2D eigenvalue weighted by Crippen LogP contribution is -2.46. The molecule has 2 bridgehead atoms. The fourth-order valence-corrected chi connectivity index (χ4v) is 3.63. The summed E-state index contributed by atoms with van der Waals surface area (Å²) in [5, 5.41) is 0. The monoisotopic (exact) mass is 374 g/mol. The van der Waals surface area contributed by atoms with Gasteiger partial charge < -0.3 is 4.74 Å². The van der Waals surface area contributed by atoms with Gasteiger partial charge in [0.05, 0.1) is 5.41 Å². The molecule has 122 valence electrons. The number of rotatable bonds is 3. The number of alkyl halides is 5. The van der Waals surface area contributed by atoms with Gasteiger partial charge in [0, 0.05) is 5.92 Å². The Bertz CT molecular complexity index is 428. The second-order valence-corrected chi connectivity index (χ2v) is 8.14. The van der Waals surface area contributed by atoms with Crippen molar-refractivity contribution in [1.82, 2.24) is 0 Å². The highest BCUT2D eigenvalue weighted by Gasteiger charge is 2.65. The summed E-state index contributed by atoms with van der Waals surface area (Å²) in [6.45, 7) is 5.14. The summed E-state index contributed by atoms with van der Waals surface area (Å²) in [5.41, 5.74) is -0.659. The predicted octanol–water partition coefficient (Wildman–Crippen LogP) is 4.61. The molecule has 0 aromatic rings. The first-order valence-electron chi connectivity index (χ1n) is 6.99. The van der Waals surface area contributed by atoms with Crippen LogP contribution in [0.4, 0.5) is 17.6 Å². The van der Waals surface area contributed by atoms with Crippen molar-refractivity contribution in [3.05, 3.63) is 0 Å². The second-order valence-electron chi connectivity index (χ2n) is 7.15. The Morgan fingerprint density at radius 2 is 1.62 bits per heavy atom. The Kier molecular flexibility index (Phi) is 4.14. The zero-order valence-electron chi connectivity index (χ0n) is 12.1. The number of carbonyl (C=O) groups excluding carboxylic acids is 1. The van der Waals surface area contributed by atoms with E-state index in [1.54, 1.807) is 36.7 Å². The lowest BCUT2D eigenvalue weighted by Gasteiger charge is -2.35. The fourth-order valence-electron chi connectivity index (χ4n) is 3.34. The standard InChI is InChI=1S/C14H19BrF4O2/c1-12(2,3)11(20)21-10-6-7-4-8(10)5-9(7)13(16,17)14(15,18)19/h7-10H,4-6H2,1-3H3. The molecular formula is C14H19BrF4O2. The van der Waals surface area contributed by atoms with Gasteiger partial charge in [-0.1, -0.05) is 0 Å². The maximum absolute atomic E-state index is 13.8. The van der Waals surface area contributed by atoms with Crippen molar-refractivity contribution in [2.24, 2.45) is 23.2 Å². The second kappa shape index (κ2) is 5.10. The Labute approximate surface area is 129 Å². The summed E-state index contributed by atoms with van der Waals surface area (Å²) in [7, 11) is 0. The van der Waals surface area contributed by atoms with E-state index in [9.17, 15) is 22.4 Å². The van der Waals surface area contributed by atoms with E-state index in [0.29, 0.717) is 6.42 Å². The van der Waals surface area contributed by atoms with Gasteiger partial charge in [0.2, 0.25) is 0 Å². The number of ether oxygens (including phenoxy) is 1. The van der Waals surface area contributed by atoms with Gasteiger partial charge in [-0.15, -0.1) is 0 Å². The van der Waals surface area contributed by atoms with E-state index in [-0.39, 0.29) is 24.7 Å². The van der Waals surface area contributed by atoms with Gasteiger partial charge in [0.1, 0.15) is 6.10 Å². The van der Waals surface area contributed by atoms with E-state index in [0.717, 1.165) is 0 Å². The lowest BCUT2D eigenvalue weighted by atomic mass is 9.82. The van der Waals surface area contributed by atoms with Gasteiger partial charge in [-0.25, -0.2) is 0 Å². The van der Waals surface area contributed by atoms with Gasteiger partial charge in [-0.3, -0.25) is 4.79 Å². The van der Waals surface area contributed by atoms with Crippen LogP contribution in [0.3, 0.4) is 0 Å². The average molecular weight is 375 g/mol. The normalized spacial score (nSPS) is 33.3. The zero-order chi connectivity index (χ0) is 16.2. The van der Waals surface area contributed by atoms with Crippen LogP contribution in [-0.4, -0.2) is 22.8 Å². The first kappa shape index (κ1) is 17.0. The molecule has 0 saturated heterocycles. The van der Waals surface area contributed by atoms with E-state index in [1.165, 1.54) is 0 Å². The minimum Gasteiger partial charge on any atom is -0.462 e. The van der Waals surface area contributed by atoms with Crippen LogP contribution in [0.5, 0.6) is 0 Å². The Balaban J connectivity index is 2.01. The molecule has 0 spiro atoms. The third-order valence-electron chi connectivity index (χ3n) is 4.51. The number of halogens is 5. The quantitative estimate of drug-likeness (QED) is 0.409. The van der Waals surface area contributed by atoms with E-state index in [2.05, 4.69) is 0 Å². The van der Waals surface area contributed by atoms with Crippen LogP contribution < -0.4 is 0 Å². The smallest absolute Gasteiger partial charge is 0.363 e. The first-order valence-corrected chi connectivity index (χ1v) is 7.79. The number of hydrogen-bond donors (Lipinski definition) is 0. The topological polar surface area (TPSA) is 26.3 Å². The van der Waals surface area contributed by atoms with Crippen molar-refractivity contribution in [3.63, 3.8) is 0 Å². The molecule has 0 radical (unpaired) electrons. The summed E-state index contributed by atoms with van der Waals surface area (Å²) in [5.74, 6) is -6.58. The molecule has 2 nitrogen and oxygen atoms in total. The van der Waals surface area contributed by atoms with Crippen molar-refractivity contribution >= 4 is 21.9 Å². The molecule has 2 aliphatic rings. The highest BCUT2D eigenvalue weighted by molar-refractivity contribution is 9.10. The molecule has 2 fully saturated rings. The molecule has 0 aromatic heterocycles. The molecular weight excluding hydrogens is 356 g/mol. The Morgan fingerprint density at radius 1 is 1.05 bits per heavy atom. The molecule has 0 N–H and O–H groups in total. The average Bonchev–Trinajstić information content (AvgIpc) is 2.85. The third-order valence-corrected chi connectivity index (χ3v) is 5.04. The van der Waals surface area contributed by atoms with Gasteiger partial charge in [0.15, 0.2) is 0 Å². The molecule has 2 aliphatic carbocycles. The molecule has 0 aromatic carbocycles. The van der Waals surface area contributed by atoms with E-state index < -0.39 is 34.1 Å². The number of hydrogen-bond acceptors (Lipinski definition) is 2. The molecule has 0 heterocycles. The molecule has 4 atom stereocenters. The van der Waals surface area contributed by atoms with Gasteiger partial charge in [0.25, 0.3) is 0 Å². The Morgan fingerprint density at radius 3 is 2.00 bits per heavy atom. The van der Waals surface area contributed by atoms with E-state index >= 15 is 0 Å². The minimum absolute atomic E-state index is 0.0268. The number of carbonyl (C=O) groups is 1. The fraction of sp³-hybridized carbons (Fsp3) is 0.929. The number of esters is 1. The summed E-state index contributed by atoms with van der Waals surface area (Å²) in [6, 6.07) is 0. The third kappa shape index (κ3) is 3.08. The van der Waals surface area contributed by atoms with Crippen LogP contribution in [0.25, 0.3) is 0 Å². The van der Waals surface area contributed by atoms with Crippen molar-refractivity contribution in [2.75, 3.05) is 0 Å². The lowest BCUT2D eigenvalue weighted by molar-refractivity contribution is -0.197.